The monoisotopic (exact) mass is 206 g/mol. The first-order valence-electron chi connectivity index (χ1n) is 6.01. The van der Waals surface area contributed by atoms with E-state index in [1.807, 2.05) is 12.1 Å². The molecular formula is C14H22O. The average molecular weight is 206 g/mol. The molecule has 1 N–H and O–H groups in total. The van der Waals surface area contributed by atoms with E-state index in [1.165, 1.54) is 37.7 Å². The molecule has 1 aromatic carbocycles. The predicted molar refractivity (Wildman–Crippen MR) is 64.9 cm³/mol. The summed E-state index contributed by atoms with van der Waals surface area (Å²) in [5, 5.41) is 9.36. The lowest BCUT2D eigenvalue weighted by Gasteiger charge is -2.06. The van der Waals surface area contributed by atoms with Gasteiger partial charge in [0, 0.05) is 0 Å². The summed E-state index contributed by atoms with van der Waals surface area (Å²) in [6, 6.07) is 8.32. The van der Waals surface area contributed by atoms with Crippen LogP contribution in [0.25, 0.3) is 0 Å². The van der Waals surface area contributed by atoms with Gasteiger partial charge in [0.05, 0.1) is 6.10 Å². The maximum Gasteiger partial charge on any atom is 0.0761 e. The smallest absolute Gasteiger partial charge is 0.0761 e. The summed E-state index contributed by atoms with van der Waals surface area (Å²) in [4.78, 5) is 0. The van der Waals surface area contributed by atoms with Gasteiger partial charge in [0.1, 0.15) is 0 Å². The van der Waals surface area contributed by atoms with E-state index in [1.54, 1.807) is 6.92 Å². The molecule has 84 valence electrons. The van der Waals surface area contributed by atoms with E-state index >= 15 is 0 Å². The first-order valence-corrected chi connectivity index (χ1v) is 6.01. The van der Waals surface area contributed by atoms with E-state index in [9.17, 15) is 5.11 Å². The van der Waals surface area contributed by atoms with Crippen LogP contribution in [0.1, 0.15) is 56.8 Å². The summed E-state index contributed by atoms with van der Waals surface area (Å²) in [5.74, 6) is 0. The number of benzene rings is 1. The van der Waals surface area contributed by atoms with E-state index in [0.717, 1.165) is 5.56 Å². The fourth-order valence-corrected chi connectivity index (χ4v) is 1.72. The molecule has 0 aromatic heterocycles. The molecule has 0 unspecified atom stereocenters. The summed E-state index contributed by atoms with van der Waals surface area (Å²) in [7, 11) is 0. The molecule has 0 aliphatic carbocycles. The molecule has 15 heavy (non-hydrogen) atoms. The zero-order valence-corrected chi connectivity index (χ0v) is 9.87. The van der Waals surface area contributed by atoms with E-state index in [-0.39, 0.29) is 6.10 Å². The lowest BCUT2D eigenvalue weighted by molar-refractivity contribution is 0.199. The topological polar surface area (TPSA) is 20.2 Å². The molecule has 1 rings (SSSR count). The molecule has 0 bridgehead atoms. The van der Waals surface area contributed by atoms with Crippen molar-refractivity contribution in [1.29, 1.82) is 0 Å². The van der Waals surface area contributed by atoms with Crippen LogP contribution in [0.3, 0.4) is 0 Å². The first-order chi connectivity index (χ1) is 7.24. The molecule has 1 aromatic rings. The Balaban J connectivity index is 2.36. The lowest BCUT2D eigenvalue weighted by Crippen LogP contribution is -1.92. The maximum absolute atomic E-state index is 9.36. The van der Waals surface area contributed by atoms with Gasteiger partial charge in [0.15, 0.2) is 0 Å². The lowest BCUT2D eigenvalue weighted by atomic mass is 10.0. The number of aliphatic hydroxyl groups is 1. The number of aliphatic hydroxyl groups excluding tert-OH is 1. The van der Waals surface area contributed by atoms with Gasteiger partial charge in [-0.3, -0.25) is 0 Å². The van der Waals surface area contributed by atoms with Gasteiger partial charge in [-0.25, -0.2) is 0 Å². The highest BCUT2D eigenvalue weighted by Crippen LogP contribution is 2.14. The van der Waals surface area contributed by atoms with Crippen molar-refractivity contribution >= 4 is 0 Å². The van der Waals surface area contributed by atoms with Crippen LogP contribution in [0.4, 0.5) is 0 Å². The van der Waals surface area contributed by atoms with E-state index in [2.05, 4.69) is 19.1 Å². The van der Waals surface area contributed by atoms with Gasteiger partial charge >= 0.3 is 0 Å². The highest BCUT2D eigenvalue weighted by Gasteiger charge is 1.99. The summed E-state index contributed by atoms with van der Waals surface area (Å²) >= 11 is 0. The number of rotatable bonds is 6. The first kappa shape index (κ1) is 12.3. The van der Waals surface area contributed by atoms with Crippen LogP contribution < -0.4 is 0 Å². The number of unbranched alkanes of at least 4 members (excludes halogenated alkanes) is 3. The summed E-state index contributed by atoms with van der Waals surface area (Å²) in [6.07, 6.45) is 6.06. The summed E-state index contributed by atoms with van der Waals surface area (Å²) in [6.45, 7) is 4.04. The molecule has 0 spiro atoms. The second kappa shape index (κ2) is 6.62. The third kappa shape index (κ3) is 4.48. The molecule has 0 aliphatic rings. The van der Waals surface area contributed by atoms with Crippen molar-refractivity contribution in [2.45, 2.75) is 52.1 Å². The molecule has 0 heterocycles. The highest BCUT2D eigenvalue weighted by molar-refractivity contribution is 5.23. The van der Waals surface area contributed by atoms with E-state index < -0.39 is 0 Å². The Hall–Kier alpha value is -0.820. The number of hydrogen-bond donors (Lipinski definition) is 1. The predicted octanol–water partition coefficient (Wildman–Crippen LogP) is 3.86. The third-order valence-corrected chi connectivity index (χ3v) is 2.78. The van der Waals surface area contributed by atoms with Crippen LogP contribution in [0, 0.1) is 0 Å². The van der Waals surface area contributed by atoms with Gasteiger partial charge in [0.2, 0.25) is 0 Å². The Labute approximate surface area is 93.1 Å². The van der Waals surface area contributed by atoms with Gasteiger partial charge in [-0.1, -0.05) is 50.5 Å². The van der Waals surface area contributed by atoms with Crippen LogP contribution >= 0.6 is 0 Å². The van der Waals surface area contributed by atoms with Gasteiger partial charge in [0.25, 0.3) is 0 Å². The van der Waals surface area contributed by atoms with E-state index in [4.69, 9.17) is 0 Å². The van der Waals surface area contributed by atoms with Crippen molar-refractivity contribution in [3.05, 3.63) is 35.4 Å². The van der Waals surface area contributed by atoms with Gasteiger partial charge < -0.3 is 5.11 Å². The van der Waals surface area contributed by atoms with Gasteiger partial charge in [-0.05, 0) is 30.9 Å². The molecule has 1 atom stereocenters. The fourth-order valence-electron chi connectivity index (χ4n) is 1.72. The maximum atomic E-state index is 9.36. The molecule has 0 amide bonds. The number of aryl methyl sites for hydroxylation is 1. The summed E-state index contributed by atoms with van der Waals surface area (Å²) in [5.41, 5.74) is 2.39. The largest absolute Gasteiger partial charge is 0.389 e. The Bertz CT molecular complexity index is 261. The highest BCUT2D eigenvalue weighted by atomic mass is 16.3. The second-order valence-electron chi connectivity index (χ2n) is 4.23. The van der Waals surface area contributed by atoms with Crippen LogP contribution in [0.2, 0.25) is 0 Å². The van der Waals surface area contributed by atoms with Gasteiger partial charge in [-0.2, -0.15) is 0 Å². The molecule has 0 radical (unpaired) electrons. The molecule has 0 saturated carbocycles. The minimum atomic E-state index is -0.348. The molecule has 1 nitrogen and oxygen atoms in total. The molecule has 0 aliphatic heterocycles. The minimum Gasteiger partial charge on any atom is -0.389 e. The Morgan fingerprint density at radius 2 is 1.73 bits per heavy atom. The number of hydrogen-bond acceptors (Lipinski definition) is 1. The zero-order valence-electron chi connectivity index (χ0n) is 9.87. The van der Waals surface area contributed by atoms with E-state index in [0.29, 0.717) is 0 Å². The molecule has 0 fully saturated rings. The Kier molecular flexibility index (Phi) is 5.41. The quantitative estimate of drug-likeness (QED) is 0.701. The van der Waals surface area contributed by atoms with Crippen molar-refractivity contribution in [1.82, 2.24) is 0 Å². The molecule has 1 heteroatoms. The normalized spacial score (nSPS) is 12.7. The fraction of sp³-hybridized carbons (Fsp3) is 0.571. The third-order valence-electron chi connectivity index (χ3n) is 2.78. The SMILES string of the molecule is CCCCCCc1ccc([C@H](C)O)cc1. The van der Waals surface area contributed by atoms with Crippen molar-refractivity contribution in [2.24, 2.45) is 0 Å². The van der Waals surface area contributed by atoms with Gasteiger partial charge in [-0.15, -0.1) is 0 Å². The average Bonchev–Trinajstić information content (AvgIpc) is 2.25. The standard InChI is InChI=1S/C14H22O/c1-3-4-5-6-7-13-8-10-14(11-9-13)12(2)15/h8-12,15H,3-7H2,1-2H3/t12-/m0/s1. The van der Waals surface area contributed by atoms with Crippen LogP contribution in [0.5, 0.6) is 0 Å². The second-order valence-corrected chi connectivity index (χ2v) is 4.23. The minimum absolute atomic E-state index is 0.348. The van der Waals surface area contributed by atoms with Crippen molar-refractivity contribution < 1.29 is 5.11 Å². The van der Waals surface area contributed by atoms with Crippen molar-refractivity contribution in [3.63, 3.8) is 0 Å². The molecular weight excluding hydrogens is 184 g/mol. The van der Waals surface area contributed by atoms with Crippen molar-refractivity contribution in [2.75, 3.05) is 0 Å². The van der Waals surface area contributed by atoms with Crippen LogP contribution in [0.15, 0.2) is 24.3 Å². The Morgan fingerprint density at radius 1 is 1.07 bits per heavy atom. The van der Waals surface area contributed by atoms with Crippen molar-refractivity contribution in [3.8, 4) is 0 Å². The Morgan fingerprint density at radius 3 is 2.27 bits per heavy atom. The van der Waals surface area contributed by atoms with Crippen LogP contribution in [-0.2, 0) is 6.42 Å². The van der Waals surface area contributed by atoms with Crippen LogP contribution in [-0.4, -0.2) is 5.11 Å². The molecule has 0 saturated heterocycles. The zero-order chi connectivity index (χ0) is 11.1. The summed E-state index contributed by atoms with van der Waals surface area (Å²) < 4.78 is 0.